The molecule has 3 N–H and O–H groups in total. The number of H-pyrrole nitrogens is 1. The van der Waals surface area contributed by atoms with Gasteiger partial charge in [-0.25, -0.2) is 4.79 Å². The Balaban J connectivity index is 2.29. The summed E-state index contributed by atoms with van der Waals surface area (Å²) in [7, 11) is 0. The van der Waals surface area contributed by atoms with Gasteiger partial charge in [-0.15, -0.1) is 0 Å². The number of rotatable bonds is 3. The summed E-state index contributed by atoms with van der Waals surface area (Å²) in [6.07, 6.45) is 1.61. The summed E-state index contributed by atoms with van der Waals surface area (Å²) in [5, 5.41) is 11.8. The smallest absolute Gasteiger partial charge is 0.337 e. The normalized spacial score (nSPS) is 10.1. The van der Waals surface area contributed by atoms with Gasteiger partial charge in [0, 0.05) is 11.2 Å². The lowest BCUT2D eigenvalue weighted by atomic mass is 10.1. The minimum atomic E-state index is -1.15. The van der Waals surface area contributed by atoms with Gasteiger partial charge < -0.3 is 15.4 Å². The van der Waals surface area contributed by atoms with Gasteiger partial charge >= 0.3 is 5.97 Å². The van der Waals surface area contributed by atoms with Crippen LogP contribution in [0.4, 0.5) is 5.69 Å². The first-order valence-electron chi connectivity index (χ1n) is 5.05. The second kappa shape index (κ2) is 4.93. The van der Waals surface area contributed by atoms with E-state index in [-0.39, 0.29) is 11.3 Å². The van der Waals surface area contributed by atoms with E-state index < -0.39 is 11.9 Å². The highest BCUT2D eigenvalue weighted by Crippen LogP contribution is 2.21. The number of carbonyl (C=O) groups is 2. The molecule has 0 atom stereocenters. The molecule has 0 radical (unpaired) electrons. The van der Waals surface area contributed by atoms with Crippen LogP contribution in [0, 0.1) is 0 Å². The van der Waals surface area contributed by atoms with E-state index in [2.05, 4.69) is 10.3 Å². The van der Waals surface area contributed by atoms with Gasteiger partial charge in [0.1, 0.15) is 5.69 Å². The average molecular weight is 265 g/mol. The summed E-state index contributed by atoms with van der Waals surface area (Å²) in [5.74, 6) is -1.57. The zero-order valence-corrected chi connectivity index (χ0v) is 9.86. The van der Waals surface area contributed by atoms with Crippen molar-refractivity contribution in [1.29, 1.82) is 0 Å². The fraction of sp³-hybridized carbons (Fsp3) is 0. The third-order valence-electron chi connectivity index (χ3n) is 2.30. The fourth-order valence-electron chi connectivity index (χ4n) is 1.46. The minimum absolute atomic E-state index is 0.0533. The highest BCUT2D eigenvalue weighted by Gasteiger charge is 2.14. The van der Waals surface area contributed by atoms with Crippen molar-refractivity contribution >= 4 is 29.2 Å². The molecule has 0 fully saturated rings. The van der Waals surface area contributed by atoms with Crippen LogP contribution in [0.2, 0.25) is 5.02 Å². The Morgan fingerprint density at radius 3 is 2.67 bits per heavy atom. The average Bonchev–Trinajstić information content (AvgIpc) is 2.84. The second-order valence-corrected chi connectivity index (χ2v) is 3.97. The van der Waals surface area contributed by atoms with Gasteiger partial charge in [0.2, 0.25) is 0 Å². The van der Waals surface area contributed by atoms with Crippen LogP contribution >= 0.6 is 11.6 Å². The lowest BCUT2D eigenvalue weighted by molar-refractivity contribution is 0.0698. The molecule has 0 aliphatic carbocycles. The molecule has 1 heterocycles. The molecule has 1 aromatic carbocycles. The van der Waals surface area contributed by atoms with Gasteiger partial charge in [-0.3, -0.25) is 4.79 Å². The first-order valence-corrected chi connectivity index (χ1v) is 5.43. The van der Waals surface area contributed by atoms with Crippen molar-refractivity contribution in [2.24, 2.45) is 0 Å². The maximum absolute atomic E-state index is 11.8. The molecule has 6 heteroatoms. The van der Waals surface area contributed by atoms with E-state index in [1.165, 1.54) is 18.2 Å². The molecule has 0 aliphatic heterocycles. The lowest BCUT2D eigenvalue weighted by Crippen LogP contribution is -2.15. The molecule has 0 unspecified atom stereocenters. The molecule has 0 bridgehead atoms. The molecule has 0 aliphatic rings. The molecule has 1 aromatic heterocycles. The maximum Gasteiger partial charge on any atom is 0.337 e. The minimum Gasteiger partial charge on any atom is -0.478 e. The molecule has 2 aromatic rings. The molecular formula is C12H9ClN2O3. The maximum atomic E-state index is 11.8. The Morgan fingerprint density at radius 2 is 2.06 bits per heavy atom. The summed E-state index contributed by atoms with van der Waals surface area (Å²) in [6.45, 7) is 0. The highest BCUT2D eigenvalue weighted by atomic mass is 35.5. The number of aromatic nitrogens is 1. The number of hydrogen-bond acceptors (Lipinski definition) is 2. The number of carbonyl (C=O) groups excluding carboxylic acids is 1. The Kier molecular flexibility index (Phi) is 3.34. The van der Waals surface area contributed by atoms with E-state index in [4.69, 9.17) is 16.7 Å². The molecule has 1 amide bonds. The summed E-state index contributed by atoms with van der Waals surface area (Å²) in [6, 6.07) is 7.51. The number of carboxylic acid groups (broad SMARTS) is 1. The van der Waals surface area contributed by atoms with E-state index in [0.717, 1.165) is 0 Å². The second-order valence-electron chi connectivity index (χ2n) is 3.53. The first kappa shape index (κ1) is 12.2. The number of hydrogen-bond donors (Lipinski definition) is 3. The van der Waals surface area contributed by atoms with Crippen molar-refractivity contribution in [3.8, 4) is 0 Å². The Hall–Kier alpha value is -2.27. The van der Waals surface area contributed by atoms with Crippen molar-refractivity contribution in [3.63, 3.8) is 0 Å². The zero-order chi connectivity index (χ0) is 13.1. The third-order valence-corrected chi connectivity index (χ3v) is 2.54. The number of anilines is 1. The number of amides is 1. The predicted octanol–water partition coefficient (Wildman–Crippen LogP) is 2.62. The van der Waals surface area contributed by atoms with Crippen molar-refractivity contribution < 1.29 is 14.7 Å². The molecular weight excluding hydrogens is 256 g/mol. The number of aromatic carboxylic acids is 1. The van der Waals surface area contributed by atoms with Crippen LogP contribution in [0.3, 0.4) is 0 Å². The Bertz CT molecular complexity index is 593. The van der Waals surface area contributed by atoms with E-state index in [9.17, 15) is 9.59 Å². The number of benzene rings is 1. The summed E-state index contributed by atoms with van der Waals surface area (Å²) in [5.41, 5.74) is 0.496. The van der Waals surface area contributed by atoms with Crippen LogP contribution < -0.4 is 5.32 Å². The quantitative estimate of drug-likeness (QED) is 0.797. The number of nitrogens with one attached hydrogen (secondary N) is 2. The Morgan fingerprint density at radius 1 is 1.28 bits per heavy atom. The van der Waals surface area contributed by atoms with Gasteiger partial charge in [-0.2, -0.15) is 0 Å². The molecule has 0 spiro atoms. The van der Waals surface area contributed by atoms with Crippen LogP contribution in [0.1, 0.15) is 20.8 Å². The highest BCUT2D eigenvalue weighted by molar-refractivity contribution is 6.31. The SMILES string of the molecule is O=C(Nc1ccc(Cl)cc1C(=O)O)c1ccc[nH]1. The standard InChI is InChI=1S/C12H9ClN2O3/c13-7-3-4-9(8(6-7)12(17)18)15-11(16)10-2-1-5-14-10/h1-6,14H,(H,15,16)(H,17,18). The number of aromatic amines is 1. The summed E-state index contributed by atoms with van der Waals surface area (Å²) in [4.78, 5) is 25.5. The van der Waals surface area contributed by atoms with Crippen LogP contribution in [0.5, 0.6) is 0 Å². The number of halogens is 1. The fourth-order valence-corrected chi connectivity index (χ4v) is 1.64. The van der Waals surface area contributed by atoms with Gasteiger partial charge in [0.25, 0.3) is 5.91 Å². The molecule has 18 heavy (non-hydrogen) atoms. The summed E-state index contributed by atoms with van der Waals surface area (Å²) >= 11 is 5.71. The largest absolute Gasteiger partial charge is 0.478 e. The van der Waals surface area contributed by atoms with E-state index in [1.807, 2.05) is 0 Å². The van der Waals surface area contributed by atoms with Gasteiger partial charge in [-0.1, -0.05) is 11.6 Å². The molecule has 2 rings (SSSR count). The van der Waals surface area contributed by atoms with Gasteiger partial charge in [0.05, 0.1) is 11.3 Å². The molecule has 0 saturated carbocycles. The topological polar surface area (TPSA) is 82.2 Å². The van der Waals surface area contributed by atoms with E-state index >= 15 is 0 Å². The lowest BCUT2D eigenvalue weighted by Gasteiger charge is -2.07. The summed E-state index contributed by atoms with van der Waals surface area (Å²) < 4.78 is 0. The predicted molar refractivity (Wildman–Crippen MR) is 67.2 cm³/mol. The van der Waals surface area contributed by atoms with E-state index in [1.54, 1.807) is 18.3 Å². The van der Waals surface area contributed by atoms with Crippen molar-refractivity contribution in [1.82, 2.24) is 4.98 Å². The molecule has 0 saturated heterocycles. The Labute approximate surface area is 107 Å². The molecule has 5 nitrogen and oxygen atoms in total. The van der Waals surface area contributed by atoms with Crippen LogP contribution in [0.25, 0.3) is 0 Å². The number of carboxylic acids is 1. The molecule has 92 valence electrons. The first-order chi connectivity index (χ1) is 8.58. The van der Waals surface area contributed by atoms with Crippen LogP contribution in [0.15, 0.2) is 36.5 Å². The van der Waals surface area contributed by atoms with Crippen molar-refractivity contribution in [2.45, 2.75) is 0 Å². The van der Waals surface area contributed by atoms with Crippen LogP contribution in [-0.4, -0.2) is 22.0 Å². The van der Waals surface area contributed by atoms with Crippen LogP contribution in [-0.2, 0) is 0 Å². The van der Waals surface area contributed by atoms with E-state index in [0.29, 0.717) is 10.7 Å². The van der Waals surface area contributed by atoms with Gasteiger partial charge in [0.15, 0.2) is 0 Å². The van der Waals surface area contributed by atoms with Gasteiger partial charge in [-0.05, 0) is 30.3 Å². The third kappa shape index (κ3) is 2.52. The van der Waals surface area contributed by atoms with Crippen molar-refractivity contribution in [2.75, 3.05) is 5.32 Å². The van der Waals surface area contributed by atoms with Crippen molar-refractivity contribution in [3.05, 3.63) is 52.8 Å². The zero-order valence-electron chi connectivity index (χ0n) is 9.11. The monoisotopic (exact) mass is 264 g/mol.